The molecule has 0 aliphatic heterocycles. The van der Waals surface area contributed by atoms with Crippen LogP contribution >= 0.6 is 11.6 Å². The summed E-state index contributed by atoms with van der Waals surface area (Å²) in [5, 5.41) is 8.67. The van der Waals surface area contributed by atoms with Gasteiger partial charge in [-0.25, -0.2) is 0 Å². The van der Waals surface area contributed by atoms with Crippen molar-refractivity contribution in [3.05, 3.63) is 16.9 Å². The summed E-state index contributed by atoms with van der Waals surface area (Å²) in [4.78, 5) is 0. The van der Waals surface area contributed by atoms with Crippen molar-refractivity contribution >= 4 is 11.6 Å². The van der Waals surface area contributed by atoms with Crippen molar-refractivity contribution in [1.82, 2.24) is 15.1 Å². The highest BCUT2D eigenvalue weighted by molar-refractivity contribution is 6.31. The third-order valence-corrected chi connectivity index (χ3v) is 3.74. The highest BCUT2D eigenvalue weighted by atomic mass is 35.5. The normalized spacial score (nSPS) is 25.2. The van der Waals surface area contributed by atoms with E-state index in [0.29, 0.717) is 12.0 Å². The van der Waals surface area contributed by atoms with Crippen LogP contribution in [0.4, 0.5) is 0 Å². The Hall–Kier alpha value is -0.540. The largest absolute Gasteiger partial charge is 0.314 e. The van der Waals surface area contributed by atoms with E-state index >= 15 is 0 Å². The molecular weight excluding hydrogens is 222 g/mol. The first kappa shape index (κ1) is 11.9. The second kappa shape index (κ2) is 5.19. The minimum Gasteiger partial charge on any atom is -0.314 e. The lowest BCUT2D eigenvalue weighted by Crippen LogP contribution is -2.25. The van der Waals surface area contributed by atoms with Crippen LogP contribution in [0, 0.1) is 0 Å². The molecule has 16 heavy (non-hydrogen) atoms. The summed E-state index contributed by atoms with van der Waals surface area (Å²) in [7, 11) is 0. The zero-order valence-electron chi connectivity index (χ0n) is 10.0. The fourth-order valence-electron chi connectivity index (χ4n) is 2.73. The first-order valence-electron chi connectivity index (χ1n) is 6.20. The van der Waals surface area contributed by atoms with E-state index < -0.39 is 0 Å². The molecule has 1 aliphatic carbocycles. The summed E-state index contributed by atoms with van der Waals surface area (Å²) in [5.41, 5.74) is 1.24. The molecule has 3 nitrogen and oxygen atoms in total. The molecule has 0 saturated heterocycles. The molecule has 0 amide bonds. The number of nitrogens with one attached hydrogen (secondary N) is 1. The van der Waals surface area contributed by atoms with E-state index in [4.69, 9.17) is 11.6 Å². The summed E-state index contributed by atoms with van der Waals surface area (Å²) in [5.74, 6) is 0.582. The van der Waals surface area contributed by atoms with Gasteiger partial charge >= 0.3 is 0 Å². The molecule has 1 saturated carbocycles. The molecule has 2 atom stereocenters. The molecule has 0 spiro atoms. The number of aryl methyl sites for hydroxylation is 1. The summed E-state index contributed by atoms with van der Waals surface area (Å²) in [6, 6.07) is 0.659. The summed E-state index contributed by atoms with van der Waals surface area (Å²) in [6.45, 7) is 6.24. The zero-order valence-corrected chi connectivity index (χ0v) is 10.8. The lowest BCUT2D eigenvalue weighted by molar-refractivity contribution is 0.520. The maximum atomic E-state index is 6.22. The zero-order chi connectivity index (χ0) is 11.5. The Morgan fingerprint density at radius 1 is 1.50 bits per heavy atom. The van der Waals surface area contributed by atoms with Gasteiger partial charge in [0.15, 0.2) is 0 Å². The second-order valence-corrected chi connectivity index (χ2v) is 4.87. The van der Waals surface area contributed by atoms with Gasteiger partial charge in [0.1, 0.15) is 0 Å². The topological polar surface area (TPSA) is 29.9 Å². The van der Waals surface area contributed by atoms with Gasteiger partial charge in [0, 0.05) is 18.5 Å². The Labute approximate surface area is 102 Å². The van der Waals surface area contributed by atoms with Crippen molar-refractivity contribution in [3.8, 4) is 0 Å². The van der Waals surface area contributed by atoms with Gasteiger partial charge in [0.25, 0.3) is 0 Å². The minimum absolute atomic E-state index is 0.582. The Morgan fingerprint density at radius 2 is 2.31 bits per heavy atom. The third kappa shape index (κ3) is 2.25. The van der Waals surface area contributed by atoms with Crippen molar-refractivity contribution in [3.63, 3.8) is 0 Å². The minimum atomic E-state index is 0.582. The van der Waals surface area contributed by atoms with Gasteiger partial charge in [-0.3, -0.25) is 4.68 Å². The molecule has 1 aromatic heterocycles. The first-order valence-corrected chi connectivity index (χ1v) is 6.58. The average molecular weight is 242 g/mol. The number of aromatic nitrogens is 2. The van der Waals surface area contributed by atoms with Crippen LogP contribution in [0.1, 0.15) is 44.7 Å². The lowest BCUT2D eigenvalue weighted by Gasteiger charge is -2.14. The molecule has 1 aliphatic rings. The van der Waals surface area contributed by atoms with Crippen LogP contribution in [-0.2, 0) is 6.54 Å². The fraction of sp³-hybridized carbons (Fsp3) is 0.750. The fourth-order valence-corrected chi connectivity index (χ4v) is 3.03. The van der Waals surface area contributed by atoms with Crippen LogP contribution in [0.15, 0.2) is 6.20 Å². The van der Waals surface area contributed by atoms with Gasteiger partial charge in [-0.2, -0.15) is 5.10 Å². The Balaban J connectivity index is 2.10. The SMILES string of the molecule is CCNC1CCC(c2c(Cl)cnn2CC)C1. The molecule has 1 N–H and O–H groups in total. The molecule has 90 valence electrons. The number of halogens is 1. The van der Waals surface area contributed by atoms with E-state index in [2.05, 4.69) is 24.3 Å². The van der Waals surface area contributed by atoms with Crippen LogP contribution in [0.2, 0.25) is 5.02 Å². The van der Waals surface area contributed by atoms with Crippen molar-refractivity contribution < 1.29 is 0 Å². The Bertz CT molecular complexity index is 348. The molecule has 0 bridgehead atoms. The van der Waals surface area contributed by atoms with Gasteiger partial charge in [0.05, 0.1) is 16.9 Å². The maximum absolute atomic E-state index is 6.22. The van der Waals surface area contributed by atoms with Crippen LogP contribution in [0.3, 0.4) is 0 Å². The molecule has 1 heterocycles. The number of rotatable bonds is 4. The molecule has 2 rings (SSSR count). The standard InChI is InChI=1S/C12H20ClN3/c1-3-14-10-6-5-9(7-10)12-11(13)8-15-16(12)4-2/h8-10,14H,3-7H2,1-2H3. The maximum Gasteiger partial charge on any atom is 0.0820 e. The number of nitrogens with zero attached hydrogens (tertiary/aromatic N) is 2. The van der Waals surface area contributed by atoms with Crippen molar-refractivity contribution in [2.75, 3.05) is 6.54 Å². The van der Waals surface area contributed by atoms with Crippen molar-refractivity contribution in [2.45, 2.75) is 51.6 Å². The van der Waals surface area contributed by atoms with E-state index in [1.54, 1.807) is 6.20 Å². The van der Waals surface area contributed by atoms with Gasteiger partial charge in [-0.1, -0.05) is 18.5 Å². The molecule has 2 unspecified atom stereocenters. The van der Waals surface area contributed by atoms with E-state index in [0.717, 1.165) is 18.1 Å². The smallest absolute Gasteiger partial charge is 0.0820 e. The monoisotopic (exact) mass is 241 g/mol. The van der Waals surface area contributed by atoms with E-state index in [9.17, 15) is 0 Å². The Morgan fingerprint density at radius 3 is 3.00 bits per heavy atom. The first-order chi connectivity index (χ1) is 7.76. The molecular formula is C12H20ClN3. The number of hydrogen-bond donors (Lipinski definition) is 1. The van der Waals surface area contributed by atoms with E-state index in [1.165, 1.54) is 25.0 Å². The Kier molecular flexibility index (Phi) is 3.87. The van der Waals surface area contributed by atoms with E-state index in [1.807, 2.05) is 4.68 Å². The van der Waals surface area contributed by atoms with E-state index in [-0.39, 0.29) is 0 Å². The van der Waals surface area contributed by atoms with Crippen molar-refractivity contribution in [2.24, 2.45) is 0 Å². The van der Waals surface area contributed by atoms with Crippen molar-refractivity contribution in [1.29, 1.82) is 0 Å². The predicted octanol–water partition coefficient (Wildman–Crippen LogP) is 2.80. The molecule has 1 aromatic rings. The lowest BCUT2D eigenvalue weighted by atomic mass is 10.0. The number of hydrogen-bond acceptors (Lipinski definition) is 2. The molecule has 0 aromatic carbocycles. The van der Waals surface area contributed by atoms with Crippen LogP contribution in [0.25, 0.3) is 0 Å². The molecule has 0 radical (unpaired) electrons. The van der Waals surface area contributed by atoms with Crippen LogP contribution < -0.4 is 5.32 Å². The highest BCUT2D eigenvalue weighted by Crippen LogP contribution is 2.37. The third-order valence-electron chi connectivity index (χ3n) is 3.44. The van der Waals surface area contributed by atoms with Gasteiger partial charge < -0.3 is 5.32 Å². The second-order valence-electron chi connectivity index (χ2n) is 4.46. The summed E-state index contributed by atoms with van der Waals surface area (Å²) in [6.07, 6.45) is 5.45. The van der Waals surface area contributed by atoms with Gasteiger partial charge in [0.2, 0.25) is 0 Å². The van der Waals surface area contributed by atoms with Crippen LogP contribution in [-0.4, -0.2) is 22.4 Å². The summed E-state index contributed by atoms with van der Waals surface area (Å²) >= 11 is 6.22. The molecule has 4 heteroatoms. The molecule has 1 fully saturated rings. The highest BCUT2D eigenvalue weighted by Gasteiger charge is 2.29. The predicted molar refractivity (Wildman–Crippen MR) is 67.0 cm³/mol. The van der Waals surface area contributed by atoms with Gasteiger partial charge in [-0.15, -0.1) is 0 Å². The van der Waals surface area contributed by atoms with Gasteiger partial charge in [-0.05, 0) is 32.7 Å². The van der Waals surface area contributed by atoms with Crippen LogP contribution in [0.5, 0.6) is 0 Å². The average Bonchev–Trinajstić information content (AvgIpc) is 2.85. The quantitative estimate of drug-likeness (QED) is 0.879. The summed E-state index contributed by atoms with van der Waals surface area (Å²) < 4.78 is 2.04.